The lowest BCUT2D eigenvalue weighted by atomic mass is 10.0. The van der Waals surface area contributed by atoms with Gasteiger partial charge in [0, 0.05) is 37.5 Å². The molecule has 1 saturated heterocycles. The second-order valence-electron chi connectivity index (χ2n) is 7.54. The van der Waals surface area contributed by atoms with Gasteiger partial charge in [-0.05, 0) is 48.7 Å². The first-order valence-electron chi connectivity index (χ1n) is 10.0. The summed E-state index contributed by atoms with van der Waals surface area (Å²) in [5.41, 5.74) is 1.32. The van der Waals surface area contributed by atoms with E-state index in [1.54, 1.807) is 24.1 Å². The zero-order chi connectivity index (χ0) is 22.4. The van der Waals surface area contributed by atoms with E-state index in [1.165, 1.54) is 12.1 Å². The van der Waals surface area contributed by atoms with E-state index in [4.69, 9.17) is 4.74 Å². The third-order valence-electron chi connectivity index (χ3n) is 5.24. The number of carbonyl (C=O) groups excluding carboxylic acids is 2. The minimum Gasteiger partial charge on any atom is -0.497 e. The fourth-order valence-electron chi connectivity index (χ4n) is 3.43. The molecule has 3 rings (SSSR count). The van der Waals surface area contributed by atoms with Crippen molar-refractivity contribution in [3.8, 4) is 5.75 Å². The Morgan fingerprint density at radius 1 is 1.10 bits per heavy atom. The van der Waals surface area contributed by atoms with Gasteiger partial charge >= 0.3 is 6.03 Å². The van der Waals surface area contributed by atoms with Gasteiger partial charge in [-0.15, -0.1) is 0 Å². The standard InChI is InChI=1S/C22H27N3O5S/c1-30-19-8-6-16(7-9-19)15-23-22(27)24-18-10-12-25(13-11-18)21(26)17-4-3-5-20(14-17)31(2,28)29/h3-9,14,18H,10-13,15H2,1-2H3,(H2,23,24,27). The van der Waals surface area contributed by atoms with Gasteiger partial charge in [0.05, 0.1) is 12.0 Å². The van der Waals surface area contributed by atoms with Gasteiger partial charge in [0.1, 0.15) is 5.75 Å². The van der Waals surface area contributed by atoms with E-state index in [0.29, 0.717) is 38.0 Å². The number of hydrogen-bond acceptors (Lipinski definition) is 5. The number of methoxy groups -OCH3 is 1. The van der Waals surface area contributed by atoms with Crippen LogP contribution in [-0.4, -0.2) is 57.8 Å². The Labute approximate surface area is 182 Å². The Balaban J connectivity index is 1.46. The first kappa shape index (κ1) is 22.6. The zero-order valence-electron chi connectivity index (χ0n) is 17.6. The molecular formula is C22H27N3O5S. The molecule has 1 aliphatic rings. The van der Waals surface area contributed by atoms with Crippen molar-refractivity contribution >= 4 is 21.8 Å². The van der Waals surface area contributed by atoms with Crippen LogP contribution in [-0.2, 0) is 16.4 Å². The van der Waals surface area contributed by atoms with Gasteiger partial charge in [0.15, 0.2) is 9.84 Å². The average molecular weight is 446 g/mol. The summed E-state index contributed by atoms with van der Waals surface area (Å²) in [5.74, 6) is 0.561. The monoisotopic (exact) mass is 445 g/mol. The van der Waals surface area contributed by atoms with Gasteiger partial charge in [0.2, 0.25) is 0 Å². The van der Waals surface area contributed by atoms with Crippen LogP contribution in [0.1, 0.15) is 28.8 Å². The summed E-state index contributed by atoms with van der Waals surface area (Å²) in [6.07, 6.45) is 2.38. The highest BCUT2D eigenvalue weighted by Gasteiger charge is 2.25. The van der Waals surface area contributed by atoms with Gasteiger partial charge in [-0.25, -0.2) is 13.2 Å². The summed E-state index contributed by atoms with van der Waals surface area (Å²) >= 11 is 0. The number of nitrogens with zero attached hydrogens (tertiary/aromatic N) is 1. The maximum atomic E-state index is 12.7. The molecule has 2 aromatic rings. The summed E-state index contributed by atoms with van der Waals surface area (Å²) in [4.78, 5) is 26.7. The Morgan fingerprint density at radius 3 is 2.39 bits per heavy atom. The molecule has 1 aliphatic heterocycles. The average Bonchev–Trinajstić information content (AvgIpc) is 2.77. The second kappa shape index (κ2) is 9.82. The molecule has 31 heavy (non-hydrogen) atoms. The molecule has 0 aliphatic carbocycles. The van der Waals surface area contributed by atoms with Gasteiger partial charge in [0.25, 0.3) is 5.91 Å². The minimum atomic E-state index is -3.37. The summed E-state index contributed by atoms with van der Waals surface area (Å²) < 4.78 is 28.6. The molecule has 0 aromatic heterocycles. The normalized spacial score (nSPS) is 14.7. The molecule has 0 bridgehead atoms. The van der Waals surface area contributed by atoms with E-state index in [2.05, 4.69) is 10.6 Å². The van der Waals surface area contributed by atoms with Crippen LogP contribution in [0.5, 0.6) is 5.75 Å². The number of benzene rings is 2. The number of sulfone groups is 1. The predicted molar refractivity (Wildman–Crippen MR) is 117 cm³/mol. The lowest BCUT2D eigenvalue weighted by Crippen LogP contribution is -2.49. The van der Waals surface area contributed by atoms with Crippen LogP contribution in [0.15, 0.2) is 53.4 Å². The third-order valence-corrected chi connectivity index (χ3v) is 6.35. The smallest absolute Gasteiger partial charge is 0.315 e. The summed E-state index contributed by atoms with van der Waals surface area (Å²) in [5, 5.41) is 5.78. The summed E-state index contributed by atoms with van der Waals surface area (Å²) in [6, 6.07) is 13.3. The molecule has 8 nitrogen and oxygen atoms in total. The second-order valence-corrected chi connectivity index (χ2v) is 9.56. The van der Waals surface area contributed by atoms with E-state index < -0.39 is 9.84 Å². The largest absolute Gasteiger partial charge is 0.497 e. The van der Waals surface area contributed by atoms with Gasteiger partial charge < -0.3 is 20.3 Å². The number of piperidine rings is 1. The Hall–Kier alpha value is -3.07. The van der Waals surface area contributed by atoms with E-state index in [0.717, 1.165) is 17.6 Å². The molecular weight excluding hydrogens is 418 g/mol. The van der Waals surface area contributed by atoms with Crippen molar-refractivity contribution in [3.63, 3.8) is 0 Å². The van der Waals surface area contributed by atoms with E-state index in [1.807, 2.05) is 24.3 Å². The molecule has 0 spiro atoms. The molecule has 1 heterocycles. The van der Waals surface area contributed by atoms with Crippen molar-refractivity contribution in [1.29, 1.82) is 0 Å². The number of urea groups is 1. The first-order chi connectivity index (χ1) is 14.8. The Morgan fingerprint density at radius 2 is 1.77 bits per heavy atom. The lowest BCUT2D eigenvalue weighted by Gasteiger charge is -2.32. The quantitative estimate of drug-likeness (QED) is 0.709. The SMILES string of the molecule is COc1ccc(CNC(=O)NC2CCN(C(=O)c3cccc(S(C)(=O)=O)c3)CC2)cc1. The van der Waals surface area contributed by atoms with Crippen molar-refractivity contribution in [2.75, 3.05) is 26.5 Å². The van der Waals surface area contributed by atoms with Crippen LogP contribution in [0, 0.1) is 0 Å². The number of hydrogen-bond donors (Lipinski definition) is 2. The van der Waals surface area contributed by atoms with E-state index >= 15 is 0 Å². The van der Waals surface area contributed by atoms with Gasteiger partial charge in [-0.3, -0.25) is 4.79 Å². The molecule has 0 saturated carbocycles. The fourth-order valence-corrected chi connectivity index (χ4v) is 4.10. The van der Waals surface area contributed by atoms with Gasteiger partial charge in [-0.1, -0.05) is 18.2 Å². The minimum absolute atomic E-state index is 0.0257. The Bertz CT molecular complexity index is 1030. The molecule has 2 aromatic carbocycles. The fraction of sp³-hybridized carbons (Fsp3) is 0.364. The molecule has 0 radical (unpaired) electrons. The Kier molecular flexibility index (Phi) is 7.17. The predicted octanol–water partition coefficient (Wildman–Crippen LogP) is 2.20. The number of likely N-dealkylation sites (tertiary alicyclic amines) is 1. The van der Waals surface area contributed by atoms with Crippen LogP contribution < -0.4 is 15.4 Å². The van der Waals surface area contributed by atoms with Crippen molar-refractivity contribution in [2.45, 2.75) is 30.3 Å². The molecule has 0 atom stereocenters. The molecule has 9 heteroatoms. The molecule has 3 amide bonds. The summed E-state index contributed by atoms with van der Waals surface area (Å²) in [7, 11) is -1.77. The van der Waals surface area contributed by atoms with Crippen molar-refractivity contribution < 1.29 is 22.7 Å². The maximum absolute atomic E-state index is 12.7. The molecule has 2 N–H and O–H groups in total. The lowest BCUT2D eigenvalue weighted by molar-refractivity contribution is 0.0708. The number of amides is 3. The van der Waals surface area contributed by atoms with Crippen LogP contribution in [0.4, 0.5) is 4.79 Å². The number of nitrogens with one attached hydrogen (secondary N) is 2. The molecule has 1 fully saturated rings. The molecule has 166 valence electrons. The maximum Gasteiger partial charge on any atom is 0.315 e. The molecule has 0 unspecified atom stereocenters. The number of carbonyl (C=O) groups is 2. The van der Waals surface area contributed by atoms with Crippen molar-refractivity contribution in [3.05, 3.63) is 59.7 Å². The van der Waals surface area contributed by atoms with Crippen LogP contribution in [0.25, 0.3) is 0 Å². The number of ether oxygens (including phenoxy) is 1. The van der Waals surface area contributed by atoms with Crippen molar-refractivity contribution in [1.82, 2.24) is 15.5 Å². The van der Waals surface area contributed by atoms with E-state index in [-0.39, 0.29) is 22.9 Å². The van der Waals surface area contributed by atoms with Crippen LogP contribution >= 0.6 is 0 Å². The topological polar surface area (TPSA) is 105 Å². The highest BCUT2D eigenvalue weighted by atomic mass is 32.2. The third kappa shape index (κ3) is 6.21. The summed E-state index contributed by atoms with van der Waals surface area (Å²) in [6.45, 7) is 1.39. The number of rotatable bonds is 6. The first-order valence-corrected chi connectivity index (χ1v) is 11.9. The van der Waals surface area contributed by atoms with Crippen molar-refractivity contribution in [2.24, 2.45) is 0 Å². The van der Waals surface area contributed by atoms with E-state index in [9.17, 15) is 18.0 Å². The van der Waals surface area contributed by atoms with Crippen LogP contribution in [0.3, 0.4) is 0 Å². The zero-order valence-corrected chi connectivity index (χ0v) is 18.4. The highest BCUT2D eigenvalue weighted by Crippen LogP contribution is 2.17. The van der Waals surface area contributed by atoms with Crippen LogP contribution in [0.2, 0.25) is 0 Å². The highest BCUT2D eigenvalue weighted by molar-refractivity contribution is 7.90. The van der Waals surface area contributed by atoms with Gasteiger partial charge in [-0.2, -0.15) is 0 Å².